The molecular formula is C12H12BrF2N3. The molecular weight excluding hydrogens is 304 g/mol. The van der Waals surface area contributed by atoms with Gasteiger partial charge in [0.05, 0.1) is 5.33 Å². The molecule has 6 heteroatoms. The van der Waals surface area contributed by atoms with Crippen LogP contribution in [0, 0.1) is 11.6 Å². The molecule has 0 unspecified atom stereocenters. The first-order valence-electron chi connectivity index (χ1n) is 5.49. The minimum Gasteiger partial charge on any atom is -0.308 e. The lowest BCUT2D eigenvalue weighted by Crippen LogP contribution is -2.07. The third-order valence-electron chi connectivity index (χ3n) is 2.52. The van der Waals surface area contributed by atoms with Crippen molar-refractivity contribution in [2.75, 3.05) is 0 Å². The lowest BCUT2D eigenvalue weighted by atomic mass is 10.2. The zero-order valence-corrected chi connectivity index (χ0v) is 11.6. The maximum atomic E-state index is 13.2. The summed E-state index contributed by atoms with van der Waals surface area (Å²) in [5.41, 5.74) is 0.390. The monoisotopic (exact) mass is 315 g/mol. The van der Waals surface area contributed by atoms with Crippen LogP contribution in [0.15, 0.2) is 18.2 Å². The second-order valence-electron chi connectivity index (χ2n) is 4.20. The zero-order chi connectivity index (χ0) is 13.3. The number of rotatable bonds is 3. The van der Waals surface area contributed by atoms with Crippen LogP contribution in [0.25, 0.3) is 11.4 Å². The van der Waals surface area contributed by atoms with Crippen LogP contribution in [0.5, 0.6) is 0 Å². The van der Waals surface area contributed by atoms with Crippen LogP contribution < -0.4 is 0 Å². The van der Waals surface area contributed by atoms with Gasteiger partial charge in [0.1, 0.15) is 17.5 Å². The van der Waals surface area contributed by atoms with Crippen molar-refractivity contribution in [3.05, 3.63) is 35.7 Å². The van der Waals surface area contributed by atoms with Crippen LogP contribution in [0.1, 0.15) is 25.7 Å². The van der Waals surface area contributed by atoms with Crippen LogP contribution in [-0.4, -0.2) is 14.8 Å². The van der Waals surface area contributed by atoms with E-state index in [1.807, 2.05) is 18.4 Å². The minimum atomic E-state index is -0.622. The fourth-order valence-electron chi connectivity index (χ4n) is 1.84. The third kappa shape index (κ3) is 2.43. The van der Waals surface area contributed by atoms with E-state index in [1.165, 1.54) is 12.1 Å². The Bertz CT molecular complexity index is 546. The van der Waals surface area contributed by atoms with Crippen LogP contribution in [-0.2, 0) is 5.33 Å². The molecule has 0 aliphatic heterocycles. The smallest absolute Gasteiger partial charge is 0.164 e. The molecule has 0 radical (unpaired) electrons. The van der Waals surface area contributed by atoms with E-state index >= 15 is 0 Å². The van der Waals surface area contributed by atoms with E-state index in [1.54, 1.807) is 0 Å². The van der Waals surface area contributed by atoms with Gasteiger partial charge in [-0.25, -0.2) is 8.78 Å². The maximum Gasteiger partial charge on any atom is 0.164 e. The number of hydrogen-bond acceptors (Lipinski definition) is 2. The quantitative estimate of drug-likeness (QED) is 0.809. The van der Waals surface area contributed by atoms with Gasteiger partial charge in [-0.3, -0.25) is 0 Å². The molecule has 0 spiro atoms. The van der Waals surface area contributed by atoms with Gasteiger partial charge in [-0.2, -0.15) is 0 Å². The first kappa shape index (κ1) is 13.1. The Hall–Kier alpha value is -1.30. The molecule has 0 saturated heterocycles. The zero-order valence-electron chi connectivity index (χ0n) is 9.99. The van der Waals surface area contributed by atoms with Gasteiger partial charge in [0, 0.05) is 17.7 Å². The molecule has 0 bridgehead atoms. The molecule has 1 aromatic heterocycles. The average molecular weight is 316 g/mol. The molecule has 96 valence electrons. The van der Waals surface area contributed by atoms with E-state index in [4.69, 9.17) is 0 Å². The van der Waals surface area contributed by atoms with Gasteiger partial charge < -0.3 is 4.57 Å². The van der Waals surface area contributed by atoms with Gasteiger partial charge >= 0.3 is 0 Å². The fourth-order valence-corrected chi connectivity index (χ4v) is 2.22. The van der Waals surface area contributed by atoms with Crippen molar-refractivity contribution in [2.45, 2.75) is 25.2 Å². The van der Waals surface area contributed by atoms with Crippen LogP contribution in [0.4, 0.5) is 8.78 Å². The van der Waals surface area contributed by atoms with Crippen molar-refractivity contribution < 1.29 is 8.78 Å². The predicted molar refractivity (Wildman–Crippen MR) is 68.4 cm³/mol. The first-order valence-corrected chi connectivity index (χ1v) is 6.61. The number of halogens is 3. The summed E-state index contributed by atoms with van der Waals surface area (Å²) in [6.45, 7) is 3.93. The van der Waals surface area contributed by atoms with Crippen molar-refractivity contribution in [3.8, 4) is 11.4 Å². The number of benzene rings is 1. The Morgan fingerprint density at radius 3 is 2.28 bits per heavy atom. The van der Waals surface area contributed by atoms with Crippen LogP contribution in [0.2, 0.25) is 0 Å². The molecule has 2 rings (SSSR count). The largest absolute Gasteiger partial charge is 0.308 e. The Morgan fingerprint density at radius 1 is 1.17 bits per heavy atom. The number of alkyl halides is 1. The van der Waals surface area contributed by atoms with E-state index in [2.05, 4.69) is 26.1 Å². The van der Waals surface area contributed by atoms with E-state index < -0.39 is 11.6 Å². The molecule has 0 aliphatic carbocycles. The predicted octanol–water partition coefficient (Wildman–Crippen LogP) is 3.70. The topological polar surface area (TPSA) is 30.7 Å². The normalized spacial score (nSPS) is 11.2. The summed E-state index contributed by atoms with van der Waals surface area (Å²) in [7, 11) is 0. The van der Waals surface area contributed by atoms with E-state index in [0.29, 0.717) is 16.7 Å². The summed E-state index contributed by atoms with van der Waals surface area (Å²) in [4.78, 5) is 0. The van der Waals surface area contributed by atoms with Crippen molar-refractivity contribution in [3.63, 3.8) is 0 Å². The fraction of sp³-hybridized carbons (Fsp3) is 0.333. The molecule has 1 heterocycles. The van der Waals surface area contributed by atoms with Crippen molar-refractivity contribution in [1.82, 2.24) is 14.8 Å². The maximum absolute atomic E-state index is 13.2. The summed E-state index contributed by atoms with van der Waals surface area (Å²) in [6, 6.07) is 3.45. The number of aromatic nitrogens is 3. The summed E-state index contributed by atoms with van der Waals surface area (Å²) in [5, 5.41) is 8.56. The Balaban J connectivity index is 2.60. The molecule has 3 nitrogen and oxygen atoms in total. The summed E-state index contributed by atoms with van der Waals surface area (Å²) in [6.07, 6.45) is 0. The Kier molecular flexibility index (Phi) is 3.75. The highest BCUT2D eigenvalue weighted by Gasteiger charge is 2.16. The molecule has 0 saturated carbocycles. The van der Waals surface area contributed by atoms with Crippen molar-refractivity contribution in [2.24, 2.45) is 0 Å². The van der Waals surface area contributed by atoms with Gasteiger partial charge in [0.25, 0.3) is 0 Å². The van der Waals surface area contributed by atoms with Gasteiger partial charge in [-0.1, -0.05) is 15.9 Å². The molecule has 0 fully saturated rings. The Morgan fingerprint density at radius 2 is 1.78 bits per heavy atom. The average Bonchev–Trinajstić information content (AvgIpc) is 2.71. The third-order valence-corrected chi connectivity index (χ3v) is 3.02. The van der Waals surface area contributed by atoms with Gasteiger partial charge in [-0.05, 0) is 26.0 Å². The molecule has 1 aromatic carbocycles. The molecule has 2 aromatic rings. The highest BCUT2D eigenvalue weighted by atomic mass is 79.9. The van der Waals surface area contributed by atoms with E-state index in [-0.39, 0.29) is 6.04 Å². The molecule has 18 heavy (non-hydrogen) atoms. The van der Waals surface area contributed by atoms with Crippen molar-refractivity contribution in [1.29, 1.82) is 0 Å². The Labute approximate surface area is 112 Å². The van der Waals surface area contributed by atoms with Crippen LogP contribution >= 0.6 is 15.9 Å². The number of nitrogens with zero attached hydrogens (tertiary/aromatic N) is 3. The second kappa shape index (κ2) is 5.14. The molecule has 0 amide bonds. The first-order chi connectivity index (χ1) is 8.52. The van der Waals surface area contributed by atoms with Gasteiger partial charge in [0.15, 0.2) is 5.82 Å². The summed E-state index contributed by atoms with van der Waals surface area (Å²) >= 11 is 3.32. The lowest BCUT2D eigenvalue weighted by molar-refractivity contribution is 0.576. The van der Waals surface area contributed by atoms with E-state index in [0.717, 1.165) is 11.9 Å². The molecule has 0 atom stereocenters. The van der Waals surface area contributed by atoms with Gasteiger partial charge in [-0.15, -0.1) is 10.2 Å². The second-order valence-corrected chi connectivity index (χ2v) is 4.76. The number of hydrogen-bond donors (Lipinski definition) is 0. The van der Waals surface area contributed by atoms with Gasteiger partial charge in [0.2, 0.25) is 0 Å². The minimum absolute atomic E-state index is 0.105. The highest BCUT2D eigenvalue weighted by Crippen LogP contribution is 2.24. The summed E-state index contributed by atoms with van der Waals surface area (Å²) in [5.74, 6) is -0.0464. The van der Waals surface area contributed by atoms with E-state index in [9.17, 15) is 8.78 Å². The molecule has 0 N–H and O–H groups in total. The lowest BCUT2D eigenvalue weighted by Gasteiger charge is -2.13. The SMILES string of the molecule is CC(C)n1c(CBr)nnc1-c1cc(F)cc(F)c1. The van der Waals surface area contributed by atoms with Crippen molar-refractivity contribution >= 4 is 15.9 Å². The molecule has 0 aliphatic rings. The van der Waals surface area contributed by atoms with Crippen LogP contribution in [0.3, 0.4) is 0 Å². The highest BCUT2D eigenvalue weighted by molar-refractivity contribution is 9.08. The standard InChI is InChI=1S/C12H12BrF2N3/c1-7(2)18-11(6-13)16-17-12(18)8-3-9(14)5-10(15)4-8/h3-5,7H,6H2,1-2H3. The summed E-state index contributed by atoms with van der Waals surface area (Å²) < 4.78 is 28.3.